The number of aromatic nitrogens is 3. The van der Waals surface area contributed by atoms with E-state index in [1.54, 1.807) is 6.07 Å². The van der Waals surface area contributed by atoms with Gasteiger partial charge in [-0.25, -0.2) is 4.39 Å². The van der Waals surface area contributed by atoms with E-state index in [1.165, 1.54) is 12.1 Å². The van der Waals surface area contributed by atoms with Gasteiger partial charge in [0.1, 0.15) is 5.82 Å². The summed E-state index contributed by atoms with van der Waals surface area (Å²) in [5.41, 5.74) is 2.13. The third-order valence-electron chi connectivity index (χ3n) is 4.45. The molecule has 0 bridgehead atoms. The first-order chi connectivity index (χ1) is 11.6. The summed E-state index contributed by atoms with van der Waals surface area (Å²) in [6, 6.07) is 6.56. The Kier molecular flexibility index (Phi) is 3.74. The van der Waals surface area contributed by atoms with Crippen LogP contribution >= 0.6 is 0 Å². The van der Waals surface area contributed by atoms with Crippen molar-refractivity contribution in [3.63, 3.8) is 0 Å². The number of nitrogens with zero attached hydrogens (tertiary/aromatic N) is 4. The average Bonchev–Trinajstić information content (AvgIpc) is 3.04. The van der Waals surface area contributed by atoms with Gasteiger partial charge in [-0.3, -0.25) is 9.88 Å². The Balaban J connectivity index is 1.72. The molecule has 1 atom stereocenters. The fourth-order valence-electron chi connectivity index (χ4n) is 3.03. The molecule has 3 heterocycles. The largest absolute Gasteiger partial charge is 0.334 e. The molecular formula is C17H18FN5O. The molecule has 0 radical (unpaired) electrons. The summed E-state index contributed by atoms with van der Waals surface area (Å²) in [4.78, 5) is 11.2. The van der Waals surface area contributed by atoms with Crippen molar-refractivity contribution in [2.75, 3.05) is 26.7 Å². The Morgan fingerprint density at radius 1 is 1.29 bits per heavy atom. The number of benzene rings is 1. The summed E-state index contributed by atoms with van der Waals surface area (Å²) in [6.45, 7) is 4.56. The highest BCUT2D eigenvalue weighted by molar-refractivity contribution is 5.83. The predicted octanol–water partition coefficient (Wildman–Crippen LogP) is 2.31. The minimum Gasteiger partial charge on any atom is -0.334 e. The van der Waals surface area contributed by atoms with Crippen molar-refractivity contribution in [2.45, 2.75) is 13.0 Å². The van der Waals surface area contributed by atoms with Crippen molar-refractivity contribution in [3.05, 3.63) is 41.6 Å². The number of rotatable bonds is 2. The molecule has 2 aromatic heterocycles. The van der Waals surface area contributed by atoms with Crippen LogP contribution in [-0.2, 0) is 0 Å². The molecule has 1 saturated heterocycles. The van der Waals surface area contributed by atoms with Crippen LogP contribution in [0.3, 0.4) is 0 Å². The topological polar surface area (TPSA) is 67.1 Å². The van der Waals surface area contributed by atoms with Gasteiger partial charge in [-0.05, 0) is 32.2 Å². The van der Waals surface area contributed by atoms with Crippen LogP contribution in [0.2, 0.25) is 0 Å². The standard InChI is InChI=1S/C17H18FN5O/c1-10-13(7-11-3-4-12(18)8-14(11)20-10)17-21-16(22-24-17)15-9-19-5-6-23(15)2/h3-4,7-8,15,19H,5-6,9H2,1-2H3. The van der Waals surface area contributed by atoms with Gasteiger partial charge in [0, 0.05) is 31.1 Å². The lowest BCUT2D eigenvalue weighted by atomic mass is 10.1. The summed E-state index contributed by atoms with van der Waals surface area (Å²) in [6.07, 6.45) is 0. The van der Waals surface area contributed by atoms with Gasteiger partial charge in [0.15, 0.2) is 5.82 Å². The molecule has 0 aliphatic carbocycles. The van der Waals surface area contributed by atoms with E-state index in [4.69, 9.17) is 4.52 Å². The van der Waals surface area contributed by atoms with E-state index < -0.39 is 0 Å². The molecule has 1 fully saturated rings. The van der Waals surface area contributed by atoms with E-state index in [-0.39, 0.29) is 11.9 Å². The van der Waals surface area contributed by atoms with E-state index in [0.717, 1.165) is 36.3 Å². The second-order valence-corrected chi connectivity index (χ2v) is 6.12. The molecule has 7 heteroatoms. The van der Waals surface area contributed by atoms with E-state index in [0.29, 0.717) is 17.2 Å². The number of piperazine rings is 1. The maximum absolute atomic E-state index is 13.3. The molecule has 0 spiro atoms. The van der Waals surface area contributed by atoms with E-state index >= 15 is 0 Å². The first-order valence-electron chi connectivity index (χ1n) is 7.93. The minimum absolute atomic E-state index is 0.0964. The molecule has 1 aromatic carbocycles. The van der Waals surface area contributed by atoms with E-state index in [9.17, 15) is 4.39 Å². The van der Waals surface area contributed by atoms with Crippen molar-refractivity contribution in [2.24, 2.45) is 0 Å². The van der Waals surface area contributed by atoms with Gasteiger partial charge in [0.05, 0.1) is 22.8 Å². The van der Waals surface area contributed by atoms with Crippen LogP contribution in [-0.4, -0.2) is 46.7 Å². The Bertz CT molecular complexity index is 894. The lowest BCUT2D eigenvalue weighted by Crippen LogP contribution is -2.44. The monoisotopic (exact) mass is 327 g/mol. The summed E-state index contributed by atoms with van der Waals surface area (Å²) >= 11 is 0. The van der Waals surface area contributed by atoms with Crippen molar-refractivity contribution in [3.8, 4) is 11.5 Å². The first kappa shape index (κ1) is 15.2. The van der Waals surface area contributed by atoms with Crippen LogP contribution in [0.1, 0.15) is 17.6 Å². The SMILES string of the molecule is Cc1nc2cc(F)ccc2cc1-c1nc(C2CNCCN2C)no1. The fraction of sp³-hybridized carbons (Fsp3) is 0.353. The summed E-state index contributed by atoms with van der Waals surface area (Å²) in [5.74, 6) is 0.813. The maximum atomic E-state index is 13.3. The van der Waals surface area contributed by atoms with Crippen LogP contribution in [0.25, 0.3) is 22.4 Å². The normalized spacial score (nSPS) is 19.0. The molecule has 124 valence electrons. The Hall–Kier alpha value is -2.38. The molecule has 1 aliphatic heterocycles. The van der Waals surface area contributed by atoms with Gasteiger partial charge in [-0.1, -0.05) is 5.16 Å². The number of aryl methyl sites for hydroxylation is 1. The Labute approximate surface area is 138 Å². The Morgan fingerprint density at radius 3 is 3.00 bits per heavy atom. The molecular weight excluding hydrogens is 309 g/mol. The van der Waals surface area contributed by atoms with Crippen LogP contribution in [0.15, 0.2) is 28.8 Å². The molecule has 0 saturated carbocycles. The lowest BCUT2D eigenvalue weighted by Gasteiger charge is -2.30. The molecule has 1 unspecified atom stereocenters. The molecule has 0 amide bonds. The molecule has 4 rings (SSSR count). The third-order valence-corrected chi connectivity index (χ3v) is 4.45. The van der Waals surface area contributed by atoms with Gasteiger partial charge in [0.2, 0.25) is 0 Å². The van der Waals surface area contributed by atoms with Gasteiger partial charge in [-0.15, -0.1) is 0 Å². The number of likely N-dealkylation sites (N-methyl/N-ethyl adjacent to an activating group) is 1. The second kappa shape index (κ2) is 5.92. The van der Waals surface area contributed by atoms with Gasteiger partial charge < -0.3 is 9.84 Å². The molecule has 6 nitrogen and oxygen atoms in total. The highest BCUT2D eigenvalue weighted by Gasteiger charge is 2.26. The van der Waals surface area contributed by atoms with Gasteiger partial charge in [0.25, 0.3) is 5.89 Å². The predicted molar refractivity (Wildman–Crippen MR) is 88.0 cm³/mol. The maximum Gasteiger partial charge on any atom is 0.259 e. The van der Waals surface area contributed by atoms with E-state index in [2.05, 4.69) is 32.4 Å². The highest BCUT2D eigenvalue weighted by Crippen LogP contribution is 2.27. The number of hydrogen-bond donors (Lipinski definition) is 1. The quantitative estimate of drug-likeness (QED) is 0.779. The molecule has 1 N–H and O–H groups in total. The van der Waals surface area contributed by atoms with E-state index in [1.807, 2.05) is 13.0 Å². The summed E-state index contributed by atoms with van der Waals surface area (Å²) < 4.78 is 18.8. The van der Waals surface area contributed by atoms with Crippen LogP contribution < -0.4 is 5.32 Å². The minimum atomic E-state index is -0.296. The number of nitrogens with one attached hydrogen (secondary N) is 1. The number of halogens is 1. The molecule has 3 aromatic rings. The van der Waals surface area contributed by atoms with Crippen molar-refractivity contribution >= 4 is 10.9 Å². The zero-order valence-electron chi connectivity index (χ0n) is 13.6. The second-order valence-electron chi connectivity index (χ2n) is 6.12. The average molecular weight is 327 g/mol. The highest BCUT2D eigenvalue weighted by atomic mass is 19.1. The smallest absolute Gasteiger partial charge is 0.259 e. The number of pyridine rings is 1. The number of fused-ring (bicyclic) bond motifs is 1. The third kappa shape index (κ3) is 2.65. The lowest BCUT2D eigenvalue weighted by molar-refractivity contribution is 0.190. The van der Waals surface area contributed by atoms with Crippen molar-refractivity contribution < 1.29 is 8.91 Å². The summed E-state index contributed by atoms with van der Waals surface area (Å²) in [5, 5.41) is 8.33. The molecule has 1 aliphatic rings. The zero-order valence-corrected chi connectivity index (χ0v) is 13.6. The van der Waals surface area contributed by atoms with Crippen molar-refractivity contribution in [1.82, 2.24) is 25.3 Å². The van der Waals surface area contributed by atoms with Gasteiger partial charge >= 0.3 is 0 Å². The van der Waals surface area contributed by atoms with Crippen LogP contribution in [0, 0.1) is 12.7 Å². The Morgan fingerprint density at radius 2 is 2.17 bits per heavy atom. The number of hydrogen-bond acceptors (Lipinski definition) is 6. The molecule has 24 heavy (non-hydrogen) atoms. The first-order valence-corrected chi connectivity index (χ1v) is 7.93. The van der Waals surface area contributed by atoms with Gasteiger partial charge in [-0.2, -0.15) is 4.98 Å². The summed E-state index contributed by atoms with van der Waals surface area (Å²) in [7, 11) is 2.05. The van der Waals surface area contributed by atoms with Crippen LogP contribution in [0.5, 0.6) is 0 Å². The van der Waals surface area contributed by atoms with Crippen molar-refractivity contribution in [1.29, 1.82) is 0 Å². The van der Waals surface area contributed by atoms with Crippen LogP contribution in [0.4, 0.5) is 4.39 Å². The fourth-order valence-corrected chi connectivity index (χ4v) is 3.03. The zero-order chi connectivity index (χ0) is 16.7.